The minimum Gasteiger partial charge on any atom is -0.264 e. The van der Waals surface area contributed by atoms with Gasteiger partial charge in [0.05, 0.1) is 10.7 Å². The van der Waals surface area contributed by atoms with Crippen LogP contribution in [0.1, 0.15) is 5.69 Å². The van der Waals surface area contributed by atoms with Crippen molar-refractivity contribution in [3.63, 3.8) is 0 Å². The van der Waals surface area contributed by atoms with Crippen LogP contribution in [0.25, 0.3) is 11.5 Å². The third kappa shape index (κ3) is 2.03. The monoisotopic (exact) mass is 286 g/mol. The lowest BCUT2D eigenvalue weighted by Crippen LogP contribution is -1.99. The van der Waals surface area contributed by atoms with Crippen molar-refractivity contribution in [1.82, 2.24) is 19.7 Å². The van der Waals surface area contributed by atoms with Gasteiger partial charge in [-0.25, -0.2) is 9.97 Å². The van der Waals surface area contributed by atoms with Crippen LogP contribution in [0.4, 0.5) is 0 Å². The lowest BCUT2D eigenvalue weighted by Gasteiger charge is -2.03. The fourth-order valence-corrected chi connectivity index (χ4v) is 2.06. The van der Waals surface area contributed by atoms with Crippen molar-refractivity contribution in [1.29, 1.82) is 0 Å². The van der Waals surface area contributed by atoms with Crippen molar-refractivity contribution >= 4 is 27.5 Å². The van der Waals surface area contributed by atoms with Crippen LogP contribution >= 0.6 is 27.5 Å². The first-order valence-corrected chi connectivity index (χ1v) is 5.44. The third-order valence-corrected chi connectivity index (χ3v) is 2.70. The van der Waals surface area contributed by atoms with E-state index in [1.165, 1.54) is 0 Å². The minimum atomic E-state index is 0.436. The molecule has 2 rings (SSSR count). The van der Waals surface area contributed by atoms with Gasteiger partial charge in [-0.15, -0.1) is 0 Å². The Labute approximate surface area is 100 Å². The molecule has 0 fully saturated rings. The van der Waals surface area contributed by atoms with Crippen LogP contribution in [0, 0.1) is 6.92 Å². The van der Waals surface area contributed by atoms with Crippen LogP contribution in [-0.2, 0) is 7.05 Å². The number of nitrogens with zero attached hydrogens (tertiary/aromatic N) is 4. The molecule has 0 aliphatic carbocycles. The number of hydrogen-bond donors (Lipinski definition) is 0. The Bertz CT molecular complexity index is 469. The largest absolute Gasteiger partial charge is 0.264 e. The molecule has 0 bridgehead atoms. The van der Waals surface area contributed by atoms with Crippen LogP contribution in [0.15, 0.2) is 16.7 Å². The zero-order chi connectivity index (χ0) is 11.0. The third-order valence-electron chi connectivity index (χ3n) is 1.93. The second-order valence-corrected chi connectivity index (χ2v) is 4.36. The molecule has 0 aromatic carbocycles. The van der Waals surface area contributed by atoms with Crippen molar-refractivity contribution < 1.29 is 0 Å². The quantitative estimate of drug-likeness (QED) is 0.757. The van der Waals surface area contributed by atoms with Gasteiger partial charge in [0.25, 0.3) is 0 Å². The van der Waals surface area contributed by atoms with E-state index in [2.05, 4.69) is 31.0 Å². The van der Waals surface area contributed by atoms with E-state index < -0.39 is 0 Å². The van der Waals surface area contributed by atoms with E-state index in [9.17, 15) is 0 Å². The van der Waals surface area contributed by atoms with Gasteiger partial charge in [0.2, 0.25) is 0 Å². The first-order chi connectivity index (χ1) is 7.08. The van der Waals surface area contributed by atoms with Gasteiger partial charge < -0.3 is 0 Å². The maximum absolute atomic E-state index is 5.88. The molecule has 4 nitrogen and oxygen atoms in total. The second kappa shape index (κ2) is 3.90. The van der Waals surface area contributed by atoms with Gasteiger partial charge in [-0.1, -0.05) is 11.6 Å². The molecule has 0 aliphatic heterocycles. The van der Waals surface area contributed by atoms with Crippen molar-refractivity contribution in [3.8, 4) is 11.5 Å². The van der Waals surface area contributed by atoms with Crippen LogP contribution < -0.4 is 0 Å². The lowest BCUT2D eigenvalue weighted by molar-refractivity contribution is 0.769. The molecular weight excluding hydrogens is 279 g/mol. The summed E-state index contributed by atoms with van der Waals surface area (Å²) in [4.78, 5) is 8.47. The molecule has 0 N–H and O–H groups in total. The molecule has 0 aliphatic rings. The summed E-state index contributed by atoms with van der Waals surface area (Å²) in [7, 11) is 1.83. The highest BCUT2D eigenvalue weighted by molar-refractivity contribution is 9.10. The number of hydrogen-bond acceptors (Lipinski definition) is 3. The molecule has 2 heterocycles. The zero-order valence-corrected chi connectivity index (χ0v) is 10.5. The molecule has 0 spiro atoms. The normalized spacial score (nSPS) is 10.7. The second-order valence-electron chi connectivity index (χ2n) is 3.12. The average Bonchev–Trinajstić information content (AvgIpc) is 2.44. The summed E-state index contributed by atoms with van der Waals surface area (Å²) in [6.45, 7) is 1.88. The van der Waals surface area contributed by atoms with E-state index in [0.717, 1.165) is 15.9 Å². The summed E-state index contributed by atoms with van der Waals surface area (Å²) in [5, 5.41) is 4.53. The van der Waals surface area contributed by atoms with E-state index in [-0.39, 0.29) is 0 Å². The summed E-state index contributed by atoms with van der Waals surface area (Å²) < 4.78 is 2.56. The Morgan fingerprint density at radius 1 is 1.40 bits per heavy atom. The molecule has 15 heavy (non-hydrogen) atoms. The van der Waals surface area contributed by atoms with Gasteiger partial charge in [-0.2, -0.15) is 5.10 Å². The Balaban J connectivity index is 2.63. The molecule has 2 aromatic rings. The Hall–Kier alpha value is -0.940. The van der Waals surface area contributed by atoms with E-state index in [0.29, 0.717) is 11.0 Å². The molecule has 0 saturated carbocycles. The van der Waals surface area contributed by atoms with Gasteiger partial charge >= 0.3 is 0 Å². The van der Waals surface area contributed by atoms with Crippen LogP contribution in [0.5, 0.6) is 0 Å². The number of aryl methyl sites for hydroxylation is 2. The predicted octanol–water partition coefficient (Wildman–Crippen LogP) is 2.60. The van der Waals surface area contributed by atoms with Crippen LogP contribution in [0.2, 0.25) is 5.15 Å². The van der Waals surface area contributed by atoms with Crippen molar-refractivity contribution in [2.24, 2.45) is 7.05 Å². The Morgan fingerprint density at radius 3 is 2.67 bits per heavy atom. The first kappa shape index (κ1) is 10.6. The van der Waals surface area contributed by atoms with E-state index in [1.54, 1.807) is 16.9 Å². The fourth-order valence-electron chi connectivity index (χ4n) is 1.30. The first-order valence-electron chi connectivity index (χ1n) is 4.27. The number of aromatic nitrogens is 4. The minimum absolute atomic E-state index is 0.436. The molecule has 2 aromatic heterocycles. The molecular formula is C9H8BrClN4. The van der Waals surface area contributed by atoms with Crippen molar-refractivity contribution in [3.05, 3.63) is 27.6 Å². The maximum atomic E-state index is 5.88. The average molecular weight is 288 g/mol. The Morgan fingerprint density at radius 2 is 2.13 bits per heavy atom. The lowest BCUT2D eigenvalue weighted by atomic mass is 10.3. The highest BCUT2D eigenvalue weighted by atomic mass is 79.9. The molecule has 78 valence electrons. The molecule has 0 atom stereocenters. The van der Waals surface area contributed by atoms with Gasteiger partial charge in [0, 0.05) is 12.7 Å². The maximum Gasteiger partial charge on any atom is 0.180 e. The van der Waals surface area contributed by atoms with E-state index in [1.807, 2.05) is 14.0 Å². The van der Waals surface area contributed by atoms with Crippen LogP contribution in [0.3, 0.4) is 0 Å². The molecule has 0 amide bonds. The van der Waals surface area contributed by atoms with E-state index in [4.69, 9.17) is 11.6 Å². The SMILES string of the molecule is Cc1cc(Cl)nc(-c2c(Br)cnn2C)n1. The van der Waals surface area contributed by atoms with Gasteiger partial charge in [0.1, 0.15) is 10.8 Å². The van der Waals surface area contributed by atoms with E-state index >= 15 is 0 Å². The molecule has 0 unspecified atom stereocenters. The summed E-state index contributed by atoms with van der Waals surface area (Å²) in [5.41, 5.74) is 1.65. The highest BCUT2D eigenvalue weighted by Gasteiger charge is 2.12. The highest BCUT2D eigenvalue weighted by Crippen LogP contribution is 2.25. The smallest absolute Gasteiger partial charge is 0.180 e. The molecule has 6 heteroatoms. The van der Waals surface area contributed by atoms with Crippen LogP contribution in [-0.4, -0.2) is 19.7 Å². The summed E-state index contributed by atoms with van der Waals surface area (Å²) >= 11 is 9.27. The van der Waals surface area contributed by atoms with Crippen molar-refractivity contribution in [2.45, 2.75) is 6.92 Å². The number of rotatable bonds is 1. The molecule has 0 radical (unpaired) electrons. The standard InChI is InChI=1S/C9H8BrClN4/c1-5-3-7(11)14-9(13-5)8-6(10)4-12-15(8)2/h3-4H,1-2H3. The summed E-state index contributed by atoms with van der Waals surface area (Å²) in [5.74, 6) is 0.576. The predicted molar refractivity (Wildman–Crippen MR) is 61.7 cm³/mol. The molecule has 0 saturated heterocycles. The van der Waals surface area contributed by atoms with Gasteiger partial charge in [-0.05, 0) is 28.9 Å². The fraction of sp³-hybridized carbons (Fsp3) is 0.222. The van der Waals surface area contributed by atoms with Gasteiger partial charge in [-0.3, -0.25) is 4.68 Å². The summed E-state index contributed by atoms with van der Waals surface area (Å²) in [6.07, 6.45) is 1.70. The van der Waals surface area contributed by atoms with Crippen molar-refractivity contribution in [2.75, 3.05) is 0 Å². The number of halogens is 2. The summed E-state index contributed by atoms with van der Waals surface area (Å²) in [6, 6.07) is 1.72. The van der Waals surface area contributed by atoms with Gasteiger partial charge in [0.15, 0.2) is 5.82 Å². The topological polar surface area (TPSA) is 43.6 Å². The Kier molecular flexibility index (Phi) is 2.75. The zero-order valence-electron chi connectivity index (χ0n) is 8.20.